The van der Waals surface area contributed by atoms with E-state index in [1.165, 1.54) is 11.6 Å². The lowest BCUT2D eigenvalue weighted by Gasteiger charge is -2.30. The summed E-state index contributed by atoms with van der Waals surface area (Å²) in [7, 11) is 0. The second-order valence-corrected chi connectivity index (χ2v) is 12.1. The molecule has 11 heteroatoms. The average Bonchev–Trinajstić information content (AvgIpc) is 3.63. The third kappa shape index (κ3) is 5.94. The van der Waals surface area contributed by atoms with Crippen LogP contribution >= 0.6 is 23.2 Å². The molecule has 3 N–H and O–H groups in total. The number of carboxylic acids is 1. The van der Waals surface area contributed by atoms with Crippen LogP contribution in [0.5, 0.6) is 0 Å². The van der Waals surface area contributed by atoms with Gasteiger partial charge in [-0.2, -0.15) is 0 Å². The Labute approximate surface area is 264 Å². The number of ketones is 1. The van der Waals surface area contributed by atoms with Gasteiger partial charge in [-0.15, -0.1) is 0 Å². The first-order chi connectivity index (χ1) is 21.2. The fourth-order valence-electron chi connectivity index (χ4n) is 6.21. The van der Waals surface area contributed by atoms with Crippen molar-refractivity contribution in [2.75, 3.05) is 13.1 Å². The van der Waals surface area contributed by atoms with Crippen molar-refractivity contribution in [1.82, 2.24) is 15.5 Å². The molecule has 0 radical (unpaired) electrons. The van der Waals surface area contributed by atoms with Crippen LogP contribution in [0.1, 0.15) is 67.4 Å². The fourth-order valence-corrected chi connectivity index (χ4v) is 6.98. The molecule has 0 fully saturated rings. The van der Waals surface area contributed by atoms with Crippen molar-refractivity contribution in [3.05, 3.63) is 97.5 Å². The number of aliphatic imine (C=N–C) groups is 1. The molecule has 3 amide bonds. The van der Waals surface area contributed by atoms with Crippen molar-refractivity contribution in [3.8, 4) is 0 Å². The van der Waals surface area contributed by atoms with Gasteiger partial charge in [-0.05, 0) is 59.2 Å². The lowest BCUT2D eigenvalue weighted by Crippen LogP contribution is -2.41. The summed E-state index contributed by atoms with van der Waals surface area (Å²) in [5.74, 6) is -3.26. The molecule has 3 aliphatic rings. The van der Waals surface area contributed by atoms with Gasteiger partial charge in [-0.3, -0.25) is 19.4 Å². The van der Waals surface area contributed by atoms with Crippen LogP contribution in [0.2, 0.25) is 10.0 Å². The molecule has 0 aromatic heterocycles. The summed E-state index contributed by atoms with van der Waals surface area (Å²) in [6.07, 6.45) is 4.23. The second kappa shape index (κ2) is 12.4. The standard InChI is InChI=1S/C33H30Cl2N4O5/c34-25-15-24-23(10-12-39(31(24)41)17-18-5-7-26-20(13-18)9-11-36-26)30(35)29(25)28(40)14-21(32(42)43)16-37-33(44)38-27-8-6-19-3-1-2-4-22(19)27/h1-5,7,11,13,15,21,27H,6,8-10,12,14,16-17H2,(H,42,43)(H2,37,38,44)/t21-,27+/m0/s1. The van der Waals surface area contributed by atoms with Gasteiger partial charge in [0.1, 0.15) is 0 Å². The Balaban J connectivity index is 1.10. The van der Waals surface area contributed by atoms with Crippen molar-refractivity contribution < 1.29 is 24.3 Å². The van der Waals surface area contributed by atoms with Gasteiger partial charge < -0.3 is 20.6 Å². The number of urea groups is 1. The molecule has 2 atom stereocenters. The van der Waals surface area contributed by atoms with E-state index in [2.05, 4.69) is 21.7 Å². The molecule has 0 saturated heterocycles. The maximum Gasteiger partial charge on any atom is 0.315 e. The second-order valence-electron chi connectivity index (χ2n) is 11.3. The molecule has 0 unspecified atom stereocenters. The highest BCUT2D eigenvalue weighted by atomic mass is 35.5. The van der Waals surface area contributed by atoms with Crippen LogP contribution < -0.4 is 10.6 Å². The third-order valence-corrected chi connectivity index (χ3v) is 9.25. The van der Waals surface area contributed by atoms with Gasteiger partial charge in [0.15, 0.2) is 5.78 Å². The number of carbonyl (C=O) groups excluding carboxylic acids is 3. The maximum absolute atomic E-state index is 13.4. The SMILES string of the molecule is O=C(NC[C@H](CC(=O)c1c(Cl)cc2c(c1Cl)CCN(Cc1ccc3c(c1)CC=N3)C2=O)C(=O)O)N[C@@H]1CCc2ccccc21. The summed E-state index contributed by atoms with van der Waals surface area (Å²) in [6.45, 7) is 0.552. The van der Waals surface area contributed by atoms with Crippen molar-refractivity contribution in [3.63, 3.8) is 0 Å². The molecule has 0 bridgehead atoms. The number of aryl methyl sites for hydroxylation is 1. The molecule has 2 aliphatic heterocycles. The number of fused-ring (bicyclic) bond motifs is 3. The Morgan fingerprint density at radius 1 is 1.07 bits per heavy atom. The maximum atomic E-state index is 13.4. The number of benzene rings is 3. The fraction of sp³-hybridized carbons (Fsp3) is 0.303. The number of nitrogens with zero attached hydrogens (tertiary/aromatic N) is 2. The number of carbonyl (C=O) groups is 4. The number of rotatable bonds is 9. The predicted octanol–water partition coefficient (Wildman–Crippen LogP) is 5.71. The van der Waals surface area contributed by atoms with E-state index in [1.807, 2.05) is 42.6 Å². The Morgan fingerprint density at radius 2 is 1.89 bits per heavy atom. The van der Waals surface area contributed by atoms with Crippen molar-refractivity contribution in [2.24, 2.45) is 10.9 Å². The number of hydrogen-bond acceptors (Lipinski definition) is 5. The van der Waals surface area contributed by atoms with E-state index < -0.39 is 30.1 Å². The summed E-state index contributed by atoms with van der Waals surface area (Å²) in [5.41, 5.74) is 6.11. The van der Waals surface area contributed by atoms with Crippen LogP contribution in [0.25, 0.3) is 0 Å². The minimum atomic E-state index is -1.24. The largest absolute Gasteiger partial charge is 0.481 e. The number of Topliss-reactive ketones (excluding diaryl/α,β-unsaturated/α-hetero) is 1. The minimum Gasteiger partial charge on any atom is -0.481 e. The first kappa shape index (κ1) is 29.8. The van der Waals surface area contributed by atoms with Crippen LogP contribution in [-0.4, -0.2) is 53.0 Å². The van der Waals surface area contributed by atoms with Crippen LogP contribution in [0.4, 0.5) is 10.5 Å². The number of amides is 3. The zero-order chi connectivity index (χ0) is 31.0. The van der Waals surface area contributed by atoms with Crippen LogP contribution in [0.3, 0.4) is 0 Å². The highest BCUT2D eigenvalue weighted by molar-refractivity contribution is 6.41. The highest BCUT2D eigenvalue weighted by Crippen LogP contribution is 2.36. The summed E-state index contributed by atoms with van der Waals surface area (Å²) < 4.78 is 0. The smallest absolute Gasteiger partial charge is 0.315 e. The third-order valence-electron chi connectivity index (χ3n) is 8.53. The molecule has 0 spiro atoms. The van der Waals surface area contributed by atoms with Crippen LogP contribution in [0.15, 0.2) is 53.5 Å². The Hall–Kier alpha value is -4.21. The zero-order valence-corrected chi connectivity index (χ0v) is 25.3. The number of halogens is 2. The summed E-state index contributed by atoms with van der Waals surface area (Å²) >= 11 is 13.2. The number of aliphatic carboxylic acids is 1. The normalized spacial score (nSPS) is 17.1. The quantitative estimate of drug-likeness (QED) is 0.260. The summed E-state index contributed by atoms with van der Waals surface area (Å²) in [5, 5.41) is 15.4. The molecule has 3 aromatic carbocycles. The van der Waals surface area contributed by atoms with Crippen LogP contribution in [-0.2, 0) is 30.6 Å². The zero-order valence-electron chi connectivity index (χ0n) is 23.7. The topological polar surface area (TPSA) is 128 Å². The summed E-state index contributed by atoms with van der Waals surface area (Å²) in [6, 6.07) is 14.6. The molecule has 226 valence electrons. The van der Waals surface area contributed by atoms with Gasteiger partial charge in [0.05, 0.1) is 33.3 Å². The van der Waals surface area contributed by atoms with Gasteiger partial charge in [-0.1, -0.05) is 59.6 Å². The van der Waals surface area contributed by atoms with E-state index >= 15 is 0 Å². The number of carboxylic acid groups (broad SMARTS) is 1. The van der Waals surface area contributed by atoms with Gasteiger partial charge in [0, 0.05) is 44.3 Å². The van der Waals surface area contributed by atoms with Gasteiger partial charge >= 0.3 is 12.0 Å². The van der Waals surface area contributed by atoms with E-state index in [9.17, 15) is 24.3 Å². The molecule has 44 heavy (non-hydrogen) atoms. The first-order valence-electron chi connectivity index (χ1n) is 14.5. The highest BCUT2D eigenvalue weighted by Gasteiger charge is 2.32. The monoisotopic (exact) mass is 632 g/mol. The Bertz CT molecular complexity index is 1720. The van der Waals surface area contributed by atoms with E-state index in [0.717, 1.165) is 41.6 Å². The molecular formula is C33H30Cl2N4O5. The molecule has 1 aliphatic carbocycles. The van der Waals surface area contributed by atoms with Crippen molar-refractivity contribution in [2.45, 2.75) is 44.7 Å². The molecule has 6 rings (SSSR count). The lowest BCUT2D eigenvalue weighted by atomic mass is 9.91. The van der Waals surface area contributed by atoms with E-state index in [-0.39, 0.29) is 34.1 Å². The molecular weight excluding hydrogens is 603 g/mol. The first-order valence-corrected chi connectivity index (χ1v) is 15.3. The van der Waals surface area contributed by atoms with Crippen LogP contribution in [0, 0.1) is 5.92 Å². The van der Waals surface area contributed by atoms with E-state index in [0.29, 0.717) is 30.6 Å². The molecule has 2 heterocycles. The van der Waals surface area contributed by atoms with Crippen molar-refractivity contribution >= 4 is 58.8 Å². The van der Waals surface area contributed by atoms with E-state index in [1.54, 1.807) is 4.90 Å². The van der Waals surface area contributed by atoms with Gasteiger partial charge in [0.2, 0.25) is 0 Å². The summed E-state index contributed by atoms with van der Waals surface area (Å²) in [4.78, 5) is 57.5. The van der Waals surface area contributed by atoms with Gasteiger partial charge in [-0.25, -0.2) is 4.79 Å². The minimum absolute atomic E-state index is 0.00906. The molecule has 3 aromatic rings. The Morgan fingerprint density at radius 3 is 2.70 bits per heavy atom. The predicted molar refractivity (Wildman–Crippen MR) is 167 cm³/mol. The Kier molecular flexibility index (Phi) is 8.42. The molecule has 0 saturated carbocycles. The lowest BCUT2D eigenvalue weighted by molar-refractivity contribution is -0.141. The van der Waals surface area contributed by atoms with E-state index in [4.69, 9.17) is 23.2 Å². The van der Waals surface area contributed by atoms with Gasteiger partial charge in [0.25, 0.3) is 5.91 Å². The average molecular weight is 634 g/mol. The van der Waals surface area contributed by atoms with Crippen molar-refractivity contribution in [1.29, 1.82) is 0 Å². The molecule has 9 nitrogen and oxygen atoms in total. The number of hydrogen-bond donors (Lipinski definition) is 3. The number of nitrogens with one attached hydrogen (secondary N) is 2.